The average molecular weight is 287 g/mol. The smallest absolute Gasteiger partial charge is 0.208 e. The van der Waals surface area contributed by atoms with Gasteiger partial charge in [0.15, 0.2) is 11.6 Å². The standard InChI is InChI=1S/C12H21N3O3S/c1-10(2)18-11-6-4-7-13-12(11)14-8-5-9-15-19(3,16)17/h4,6-7,10,15H,5,8-9H2,1-3H3,(H,13,14). The number of aromatic nitrogens is 1. The number of anilines is 1. The summed E-state index contributed by atoms with van der Waals surface area (Å²) in [6, 6.07) is 3.66. The largest absolute Gasteiger partial charge is 0.487 e. The Balaban J connectivity index is 2.40. The molecule has 108 valence electrons. The molecule has 0 amide bonds. The van der Waals surface area contributed by atoms with E-state index in [1.807, 2.05) is 26.0 Å². The molecule has 2 N–H and O–H groups in total. The van der Waals surface area contributed by atoms with E-state index in [1.54, 1.807) is 6.20 Å². The molecule has 0 aliphatic heterocycles. The van der Waals surface area contributed by atoms with E-state index in [9.17, 15) is 8.42 Å². The van der Waals surface area contributed by atoms with Crippen LogP contribution in [0.1, 0.15) is 20.3 Å². The highest BCUT2D eigenvalue weighted by molar-refractivity contribution is 7.88. The highest BCUT2D eigenvalue weighted by Gasteiger charge is 2.05. The van der Waals surface area contributed by atoms with Crippen LogP contribution in [0.2, 0.25) is 0 Å². The Labute approximate surface area is 114 Å². The number of nitrogens with zero attached hydrogens (tertiary/aromatic N) is 1. The Hall–Kier alpha value is -1.34. The van der Waals surface area contributed by atoms with Gasteiger partial charge in [0.1, 0.15) is 0 Å². The van der Waals surface area contributed by atoms with Crippen LogP contribution in [0.4, 0.5) is 5.82 Å². The van der Waals surface area contributed by atoms with Gasteiger partial charge in [-0.25, -0.2) is 18.1 Å². The van der Waals surface area contributed by atoms with Crippen molar-refractivity contribution in [2.75, 3.05) is 24.7 Å². The van der Waals surface area contributed by atoms with Gasteiger partial charge >= 0.3 is 0 Å². The lowest BCUT2D eigenvalue weighted by Gasteiger charge is -2.14. The maximum Gasteiger partial charge on any atom is 0.208 e. The minimum Gasteiger partial charge on any atom is -0.487 e. The van der Waals surface area contributed by atoms with Gasteiger partial charge in [0.2, 0.25) is 10.0 Å². The van der Waals surface area contributed by atoms with Gasteiger partial charge in [0.25, 0.3) is 0 Å². The first-order chi connectivity index (χ1) is 8.88. The van der Waals surface area contributed by atoms with E-state index in [1.165, 1.54) is 0 Å². The molecule has 1 rings (SSSR count). The van der Waals surface area contributed by atoms with Gasteiger partial charge in [-0.15, -0.1) is 0 Å². The average Bonchev–Trinajstić information content (AvgIpc) is 2.28. The molecule has 0 spiro atoms. The van der Waals surface area contributed by atoms with Crippen molar-refractivity contribution in [1.82, 2.24) is 9.71 Å². The van der Waals surface area contributed by atoms with Crippen molar-refractivity contribution >= 4 is 15.8 Å². The summed E-state index contributed by atoms with van der Waals surface area (Å²) in [5, 5.41) is 3.13. The van der Waals surface area contributed by atoms with Crippen LogP contribution in [-0.2, 0) is 10.0 Å². The molecule has 1 aromatic heterocycles. The third-order valence-corrected chi connectivity index (χ3v) is 2.87. The summed E-state index contributed by atoms with van der Waals surface area (Å²) in [5.74, 6) is 1.38. The van der Waals surface area contributed by atoms with E-state index in [0.717, 1.165) is 6.26 Å². The number of rotatable bonds is 8. The van der Waals surface area contributed by atoms with Gasteiger partial charge < -0.3 is 10.1 Å². The third kappa shape index (κ3) is 6.97. The van der Waals surface area contributed by atoms with Gasteiger partial charge in [-0.3, -0.25) is 0 Å². The Morgan fingerprint density at radius 2 is 2.11 bits per heavy atom. The van der Waals surface area contributed by atoms with Crippen molar-refractivity contribution in [3.8, 4) is 5.75 Å². The van der Waals surface area contributed by atoms with Gasteiger partial charge in [-0.05, 0) is 32.4 Å². The van der Waals surface area contributed by atoms with Crippen molar-refractivity contribution in [3.63, 3.8) is 0 Å². The number of sulfonamides is 1. The molecular weight excluding hydrogens is 266 g/mol. The second-order valence-corrected chi connectivity index (χ2v) is 6.30. The molecule has 6 nitrogen and oxygen atoms in total. The van der Waals surface area contributed by atoms with Gasteiger partial charge in [0.05, 0.1) is 12.4 Å². The van der Waals surface area contributed by atoms with Crippen LogP contribution in [-0.4, -0.2) is 38.9 Å². The van der Waals surface area contributed by atoms with Gasteiger partial charge in [-0.2, -0.15) is 0 Å². The molecule has 0 radical (unpaired) electrons. The number of ether oxygens (including phenoxy) is 1. The second-order valence-electron chi connectivity index (χ2n) is 4.46. The van der Waals surface area contributed by atoms with Crippen molar-refractivity contribution in [2.45, 2.75) is 26.4 Å². The zero-order valence-electron chi connectivity index (χ0n) is 11.5. The fourth-order valence-electron chi connectivity index (χ4n) is 1.43. The van der Waals surface area contributed by atoms with Gasteiger partial charge in [-0.1, -0.05) is 0 Å². The maximum absolute atomic E-state index is 10.9. The molecule has 0 bridgehead atoms. The Morgan fingerprint density at radius 3 is 2.74 bits per heavy atom. The van der Waals surface area contributed by atoms with Crippen molar-refractivity contribution in [1.29, 1.82) is 0 Å². The van der Waals surface area contributed by atoms with Crippen molar-refractivity contribution < 1.29 is 13.2 Å². The van der Waals surface area contributed by atoms with Crippen LogP contribution in [0.15, 0.2) is 18.3 Å². The molecule has 1 heterocycles. The molecule has 19 heavy (non-hydrogen) atoms. The predicted octanol–water partition coefficient (Wildman–Crippen LogP) is 1.22. The fraction of sp³-hybridized carbons (Fsp3) is 0.583. The highest BCUT2D eigenvalue weighted by Crippen LogP contribution is 2.21. The molecule has 0 atom stereocenters. The molecule has 0 aromatic carbocycles. The summed E-state index contributed by atoms with van der Waals surface area (Å²) in [5.41, 5.74) is 0. The summed E-state index contributed by atoms with van der Waals surface area (Å²) >= 11 is 0. The van der Waals surface area contributed by atoms with Crippen LogP contribution < -0.4 is 14.8 Å². The lowest BCUT2D eigenvalue weighted by atomic mass is 10.3. The zero-order chi connectivity index (χ0) is 14.3. The fourth-order valence-corrected chi connectivity index (χ4v) is 1.94. The molecule has 1 aromatic rings. The Kier molecular flexibility index (Phi) is 6.04. The third-order valence-electron chi connectivity index (χ3n) is 2.14. The lowest BCUT2D eigenvalue weighted by Crippen LogP contribution is -2.24. The zero-order valence-corrected chi connectivity index (χ0v) is 12.3. The number of nitrogens with one attached hydrogen (secondary N) is 2. The predicted molar refractivity (Wildman–Crippen MR) is 76.0 cm³/mol. The van der Waals surface area contributed by atoms with Crippen molar-refractivity contribution in [3.05, 3.63) is 18.3 Å². The van der Waals surface area contributed by atoms with E-state index < -0.39 is 10.0 Å². The maximum atomic E-state index is 10.9. The van der Waals surface area contributed by atoms with E-state index in [2.05, 4.69) is 15.0 Å². The minimum atomic E-state index is -3.11. The van der Waals surface area contributed by atoms with Gasteiger partial charge in [0, 0.05) is 19.3 Å². The molecule has 0 unspecified atom stereocenters. The summed E-state index contributed by atoms with van der Waals surface area (Å²) in [6.07, 6.45) is 3.58. The minimum absolute atomic E-state index is 0.0802. The van der Waals surface area contributed by atoms with E-state index in [-0.39, 0.29) is 6.10 Å². The van der Waals surface area contributed by atoms with Crippen LogP contribution in [0, 0.1) is 0 Å². The van der Waals surface area contributed by atoms with E-state index in [0.29, 0.717) is 31.1 Å². The molecule has 0 saturated carbocycles. The Morgan fingerprint density at radius 1 is 1.37 bits per heavy atom. The topological polar surface area (TPSA) is 80.3 Å². The Bertz CT molecular complexity index is 489. The summed E-state index contributed by atoms with van der Waals surface area (Å²) in [7, 11) is -3.11. The van der Waals surface area contributed by atoms with E-state index >= 15 is 0 Å². The SMILES string of the molecule is CC(C)Oc1cccnc1NCCCNS(C)(=O)=O. The first-order valence-corrected chi connectivity index (χ1v) is 8.08. The van der Waals surface area contributed by atoms with E-state index in [4.69, 9.17) is 4.74 Å². The monoisotopic (exact) mass is 287 g/mol. The summed E-state index contributed by atoms with van der Waals surface area (Å²) in [6.45, 7) is 4.92. The molecule has 0 aliphatic carbocycles. The molecule has 0 fully saturated rings. The van der Waals surface area contributed by atoms with Crippen LogP contribution in [0.25, 0.3) is 0 Å². The number of hydrogen-bond acceptors (Lipinski definition) is 5. The molecule has 0 aliphatic rings. The molecular formula is C12H21N3O3S. The highest BCUT2D eigenvalue weighted by atomic mass is 32.2. The normalized spacial score (nSPS) is 11.6. The quantitative estimate of drug-likeness (QED) is 0.703. The first-order valence-electron chi connectivity index (χ1n) is 6.18. The van der Waals surface area contributed by atoms with Crippen LogP contribution in [0.5, 0.6) is 5.75 Å². The molecule has 0 saturated heterocycles. The summed E-state index contributed by atoms with van der Waals surface area (Å²) in [4.78, 5) is 4.20. The first kappa shape index (κ1) is 15.7. The number of pyridine rings is 1. The van der Waals surface area contributed by atoms with Crippen LogP contribution >= 0.6 is 0 Å². The van der Waals surface area contributed by atoms with Crippen LogP contribution in [0.3, 0.4) is 0 Å². The summed E-state index contributed by atoms with van der Waals surface area (Å²) < 4.78 is 29.8. The van der Waals surface area contributed by atoms with Crippen molar-refractivity contribution in [2.24, 2.45) is 0 Å². The molecule has 7 heteroatoms. The number of hydrogen-bond donors (Lipinski definition) is 2. The second kappa shape index (κ2) is 7.30. The lowest BCUT2D eigenvalue weighted by molar-refractivity contribution is 0.243.